The Morgan fingerprint density at radius 3 is 2.63 bits per heavy atom. The van der Waals surface area contributed by atoms with E-state index in [1.54, 1.807) is 0 Å². The normalized spacial score (nSPS) is 27.6. The maximum Gasteiger partial charge on any atom is 0.243 e. The summed E-state index contributed by atoms with van der Waals surface area (Å²) in [4.78, 5) is -0.295. The van der Waals surface area contributed by atoms with Gasteiger partial charge in [-0.25, -0.2) is 17.5 Å². The van der Waals surface area contributed by atoms with Crippen LogP contribution in [0, 0.1) is 11.7 Å². The van der Waals surface area contributed by atoms with Crippen molar-refractivity contribution in [2.45, 2.75) is 36.3 Å². The number of nitrogens with one attached hydrogen (secondary N) is 1. The van der Waals surface area contributed by atoms with Gasteiger partial charge in [-0.2, -0.15) is 0 Å². The Kier molecular flexibility index (Phi) is 3.32. The quantitative estimate of drug-likeness (QED) is 0.915. The second kappa shape index (κ2) is 4.85. The summed E-state index contributed by atoms with van der Waals surface area (Å²) in [6.45, 7) is 0.561. The molecule has 0 spiro atoms. The first-order valence-electron chi connectivity index (χ1n) is 6.46. The molecular weight excluding hydrogens is 269 g/mol. The van der Waals surface area contributed by atoms with Crippen LogP contribution in [0.4, 0.5) is 4.39 Å². The van der Waals surface area contributed by atoms with Crippen LogP contribution in [-0.2, 0) is 14.8 Å². The molecule has 1 aromatic carbocycles. The van der Waals surface area contributed by atoms with Crippen molar-refractivity contribution < 1.29 is 17.5 Å². The van der Waals surface area contributed by atoms with Crippen molar-refractivity contribution in [3.63, 3.8) is 0 Å². The Morgan fingerprint density at radius 2 is 1.95 bits per heavy atom. The van der Waals surface area contributed by atoms with E-state index < -0.39 is 15.8 Å². The summed E-state index contributed by atoms with van der Waals surface area (Å²) in [6, 6.07) is 5.18. The van der Waals surface area contributed by atoms with Crippen molar-refractivity contribution in [2.24, 2.45) is 5.92 Å². The van der Waals surface area contributed by atoms with Crippen molar-refractivity contribution >= 4 is 10.0 Å². The molecule has 1 aliphatic heterocycles. The summed E-state index contributed by atoms with van der Waals surface area (Å²) < 4.78 is 46.1. The van der Waals surface area contributed by atoms with Gasteiger partial charge in [0, 0.05) is 6.61 Å². The molecule has 104 valence electrons. The highest BCUT2D eigenvalue weighted by Crippen LogP contribution is 2.39. The fraction of sp³-hybridized carbons (Fsp3) is 0.538. The van der Waals surface area contributed by atoms with Gasteiger partial charge in [-0.15, -0.1) is 0 Å². The van der Waals surface area contributed by atoms with Crippen LogP contribution in [0.25, 0.3) is 0 Å². The third-order valence-electron chi connectivity index (χ3n) is 3.66. The van der Waals surface area contributed by atoms with E-state index in [1.165, 1.54) is 18.2 Å². The van der Waals surface area contributed by atoms with Crippen LogP contribution in [0.1, 0.15) is 19.3 Å². The van der Waals surface area contributed by atoms with Crippen LogP contribution < -0.4 is 4.72 Å². The first-order chi connectivity index (χ1) is 9.08. The number of benzene rings is 1. The molecule has 2 atom stereocenters. The van der Waals surface area contributed by atoms with E-state index in [0.717, 1.165) is 18.9 Å². The third-order valence-corrected chi connectivity index (χ3v) is 5.18. The Labute approximate surface area is 112 Å². The molecule has 0 bridgehead atoms. The van der Waals surface area contributed by atoms with Crippen LogP contribution >= 0.6 is 0 Å². The number of sulfonamides is 1. The van der Waals surface area contributed by atoms with E-state index in [-0.39, 0.29) is 17.0 Å². The van der Waals surface area contributed by atoms with Gasteiger partial charge in [0.2, 0.25) is 10.0 Å². The monoisotopic (exact) mass is 285 g/mol. The molecule has 3 rings (SSSR count). The van der Waals surface area contributed by atoms with Gasteiger partial charge in [0.05, 0.1) is 12.1 Å². The third kappa shape index (κ3) is 2.66. The second-order valence-electron chi connectivity index (χ2n) is 5.12. The van der Waals surface area contributed by atoms with Gasteiger partial charge in [-0.05, 0) is 37.3 Å². The zero-order valence-electron chi connectivity index (χ0n) is 10.4. The number of hydrogen-bond acceptors (Lipinski definition) is 3. The largest absolute Gasteiger partial charge is 0.376 e. The van der Waals surface area contributed by atoms with E-state index in [0.29, 0.717) is 18.9 Å². The van der Waals surface area contributed by atoms with Crippen molar-refractivity contribution in [1.29, 1.82) is 0 Å². The molecule has 19 heavy (non-hydrogen) atoms. The average molecular weight is 285 g/mol. The Bertz CT molecular complexity index is 571. The summed E-state index contributed by atoms with van der Waals surface area (Å²) >= 11 is 0. The standard InChI is InChI=1S/C13H16FNO3S/c14-10-3-1-2-4-12(10)19(16,17)15-11-7-8-18-13(11)9-5-6-9/h1-4,9,11,13,15H,5-8H2. The van der Waals surface area contributed by atoms with Gasteiger partial charge in [-0.1, -0.05) is 12.1 Å². The first kappa shape index (κ1) is 13.0. The molecule has 4 nitrogen and oxygen atoms in total. The van der Waals surface area contributed by atoms with Gasteiger partial charge in [0.15, 0.2) is 0 Å². The van der Waals surface area contributed by atoms with Gasteiger partial charge >= 0.3 is 0 Å². The number of ether oxygens (including phenoxy) is 1. The smallest absolute Gasteiger partial charge is 0.243 e. The number of rotatable bonds is 4. The number of hydrogen-bond donors (Lipinski definition) is 1. The molecule has 1 heterocycles. The highest BCUT2D eigenvalue weighted by Gasteiger charge is 2.42. The minimum absolute atomic E-state index is 0.0541. The summed E-state index contributed by atoms with van der Waals surface area (Å²) in [6.07, 6.45) is 2.77. The minimum Gasteiger partial charge on any atom is -0.376 e. The maximum atomic E-state index is 13.6. The molecule has 1 aromatic rings. The molecule has 1 saturated carbocycles. The number of halogens is 1. The van der Waals surface area contributed by atoms with E-state index in [9.17, 15) is 12.8 Å². The van der Waals surface area contributed by atoms with Gasteiger partial charge in [0.1, 0.15) is 10.7 Å². The highest BCUT2D eigenvalue weighted by atomic mass is 32.2. The molecule has 0 aromatic heterocycles. The lowest BCUT2D eigenvalue weighted by atomic mass is 10.1. The van der Waals surface area contributed by atoms with E-state index in [4.69, 9.17) is 4.74 Å². The summed E-state index contributed by atoms with van der Waals surface area (Å²) in [7, 11) is -3.82. The Balaban J connectivity index is 1.80. The molecule has 2 aliphatic rings. The molecule has 2 fully saturated rings. The molecule has 0 radical (unpaired) electrons. The van der Waals surface area contributed by atoms with Gasteiger partial charge in [0.25, 0.3) is 0 Å². The minimum atomic E-state index is -3.82. The SMILES string of the molecule is O=S(=O)(NC1CCOC1C1CC1)c1ccccc1F. The topological polar surface area (TPSA) is 55.4 Å². The fourth-order valence-electron chi connectivity index (χ4n) is 2.55. The fourth-order valence-corrected chi connectivity index (χ4v) is 3.91. The van der Waals surface area contributed by atoms with Crippen molar-refractivity contribution in [1.82, 2.24) is 4.72 Å². The molecule has 1 saturated heterocycles. The van der Waals surface area contributed by atoms with Gasteiger partial charge in [-0.3, -0.25) is 0 Å². The predicted molar refractivity (Wildman–Crippen MR) is 67.6 cm³/mol. The van der Waals surface area contributed by atoms with Crippen LogP contribution in [0.2, 0.25) is 0 Å². The first-order valence-corrected chi connectivity index (χ1v) is 7.95. The lowest BCUT2D eigenvalue weighted by molar-refractivity contribution is 0.0848. The van der Waals surface area contributed by atoms with Crippen molar-refractivity contribution in [3.8, 4) is 0 Å². The van der Waals surface area contributed by atoms with E-state index >= 15 is 0 Å². The Hall–Kier alpha value is -0.980. The van der Waals surface area contributed by atoms with Crippen LogP contribution in [-0.4, -0.2) is 27.2 Å². The van der Waals surface area contributed by atoms with Crippen molar-refractivity contribution in [2.75, 3.05) is 6.61 Å². The maximum absolute atomic E-state index is 13.6. The second-order valence-corrected chi connectivity index (χ2v) is 6.80. The lowest BCUT2D eigenvalue weighted by Crippen LogP contribution is -2.41. The molecule has 2 unspecified atom stereocenters. The molecule has 1 N–H and O–H groups in total. The Morgan fingerprint density at radius 1 is 1.21 bits per heavy atom. The van der Waals surface area contributed by atoms with Crippen molar-refractivity contribution in [3.05, 3.63) is 30.1 Å². The van der Waals surface area contributed by atoms with E-state index in [2.05, 4.69) is 4.72 Å². The van der Waals surface area contributed by atoms with Crippen LogP contribution in [0.5, 0.6) is 0 Å². The lowest BCUT2D eigenvalue weighted by Gasteiger charge is -2.19. The summed E-state index contributed by atoms with van der Waals surface area (Å²) in [5.74, 6) is -0.271. The molecule has 6 heteroatoms. The predicted octanol–water partition coefficient (Wildman–Crippen LogP) is 1.67. The van der Waals surface area contributed by atoms with E-state index in [1.807, 2.05) is 0 Å². The zero-order chi connectivity index (χ0) is 13.5. The van der Waals surface area contributed by atoms with Gasteiger partial charge < -0.3 is 4.74 Å². The molecule has 0 amide bonds. The van der Waals surface area contributed by atoms with Crippen LogP contribution in [0.3, 0.4) is 0 Å². The molecular formula is C13H16FNO3S. The summed E-state index contributed by atoms with van der Waals surface area (Å²) in [5, 5.41) is 0. The zero-order valence-corrected chi connectivity index (χ0v) is 11.2. The average Bonchev–Trinajstić information content (AvgIpc) is 3.11. The summed E-state index contributed by atoms with van der Waals surface area (Å²) in [5.41, 5.74) is 0. The molecule has 1 aliphatic carbocycles. The van der Waals surface area contributed by atoms with Crippen LogP contribution in [0.15, 0.2) is 29.2 Å². The highest BCUT2D eigenvalue weighted by molar-refractivity contribution is 7.89.